The van der Waals surface area contributed by atoms with Crippen LogP contribution in [0.1, 0.15) is 24.1 Å². The molecule has 0 saturated heterocycles. The third kappa shape index (κ3) is 4.45. The Balaban J connectivity index is 1.44. The summed E-state index contributed by atoms with van der Waals surface area (Å²) in [5.41, 5.74) is 2.21. The smallest absolute Gasteiger partial charge is 0.231 e. The molecule has 1 aliphatic heterocycles. The molecule has 0 radical (unpaired) electrons. The van der Waals surface area contributed by atoms with E-state index >= 15 is 0 Å². The standard InChI is InChI=1S/C18H18BrNO3S/c1-12(14-3-5-15(19)6-4-14)20-18(21)10-24-9-13-2-7-16-17(8-13)23-11-22-16/h2-8,12H,9-11H2,1H3,(H,20,21)/t12-/m1/s1. The van der Waals surface area contributed by atoms with Crippen LogP contribution < -0.4 is 14.8 Å². The monoisotopic (exact) mass is 407 g/mol. The minimum absolute atomic E-state index is 0.00302. The van der Waals surface area contributed by atoms with Crippen molar-refractivity contribution < 1.29 is 14.3 Å². The fourth-order valence-corrected chi connectivity index (χ4v) is 3.46. The number of carbonyl (C=O) groups excluding carboxylic acids is 1. The molecule has 1 N–H and O–H groups in total. The van der Waals surface area contributed by atoms with Crippen LogP contribution >= 0.6 is 27.7 Å². The first-order chi connectivity index (χ1) is 11.6. The molecule has 0 aromatic heterocycles. The number of benzene rings is 2. The van der Waals surface area contributed by atoms with Crippen molar-refractivity contribution >= 4 is 33.6 Å². The van der Waals surface area contributed by atoms with Crippen LogP contribution in [0.5, 0.6) is 11.5 Å². The number of hydrogen-bond acceptors (Lipinski definition) is 4. The second kappa shape index (κ2) is 7.94. The number of halogens is 1. The lowest BCUT2D eigenvalue weighted by atomic mass is 10.1. The molecule has 1 heterocycles. The third-order valence-electron chi connectivity index (χ3n) is 3.69. The van der Waals surface area contributed by atoms with Gasteiger partial charge in [0.05, 0.1) is 11.8 Å². The first-order valence-electron chi connectivity index (χ1n) is 7.63. The number of thioether (sulfide) groups is 1. The molecular formula is C18H18BrNO3S. The van der Waals surface area contributed by atoms with Crippen molar-refractivity contribution in [2.45, 2.75) is 18.7 Å². The summed E-state index contributed by atoms with van der Waals surface area (Å²) < 4.78 is 11.7. The molecule has 0 saturated carbocycles. The van der Waals surface area contributed by atoms with E-state index in [2.05, 4.69) is 21.2 Å². The molecule has 1 atom stereocenters. The van der Waals surface area contributed by atoms with Gasteiger partial charge in [-0.2, -0.15) is 0 Å². The second-order valence-corrected chi connectivity index (χ2v) is 7.42. The lowest BCUT2D eigenvalue weighted by Crippen LogP contribution is -2.28. The Morgan fingerprint density at radius 3 is 2.75 bits per heavy atom. The van der Waals surface area contributed by atoms with E-state index in [1.165, 1.54) is 0 Å². The molecule has 0 aliphatic carbocycles. The van der Waals surface area contributed by atoms with Gasteiger partial charge in [-0.15, -0.1) is 11.8 Å². The number of fused-ring (bicyclic) bond motifs is 1. The van der Waals surface area contributed by atoms with Gasteiger partial charge in [0.1, 0.15) is 0 Å². The Hall–Kier alpha value is -1.66. The predicted octanol–water partition coefficient (Wildman–Crippen LogP) is 4.29. The number of rotatable bonds is 6. The zero-order chi connectivity index (χ0) is 16.9. The number of hydrogen-bond donors (Lipinski definition) is 1. The molecule has 2 aromatic rings. The van der Waals surface area contributed by atoms with Crippen LogP contribution in [0, 0.1) is 0 Å². The van der Waals surface area contributed by atoms with Crippen molar-refractivity contribution in [1.82, 2.24) is 5.32 Å². The Morgan fingerprint density at radius 2 is 1.96 bits per heavy atom. The first kappa shape index (κ1) is 17.2. The third-order valence-corrected chi connectivity index (χ3v) is 5.22. The van der Waals surface area contributed by atoms with Crippen LogP contribution in [0.15, 0.2) is 46.9 Å². The molecule has 2 aromatic carbocycles. The Bertz CT molecular complexity index is 721. The molecule has 24 heavy (non-hydrogen) atoms. The molecule has 0 fully saturated rings. The lowest BCUT2D eigenvalue weighted by Gasteiger charge is -2.14. The normalized spacial score (nSPS) is 13.6. The van der Waals surface area contributed by atoms with Gasteiger partial charge in [0.15, 0.2) is 11.5 Å². The van der Waals surface area contributed by atoms with Crippen molar-refractivity contribution in [2.24, 2.45) is 0 Å². The van der Waals surface area contributed by atoms with Gasteiger partial charge >= 0.3 is 0 Å². The summed E-state index contributed by atoms with van der Waals surface area (Å²) in [6.45, 7) is 2.27. The van der Waals surface area contributed by atoms with Crippen molar-refractivity contribution in [2.75, 3.05) is 12.5 Å². The topological polar surface area (TPSA) is 47.6 Å². The first-order valence-corrected chi connectivity index (χ1v) is 9.57. The predicted molar refractivity (Wildman–Crippen MR) is 99.4 cm³/mol. The van der Waals surface area contributed by atoms with Gasteiger partial charge in [0.25, 0.3) is 0 Å². The van der Waals surface area contributed by atoms with Gasteiger partial charge in [-0.25, -0.2) is 0 Å². The largest absolute Gasteiger partial charge is 0.454 e. The van der Waals surface area contributed by atoms with Crippen LogP contribution in [0.3, 0.4) is 0 Å². The summed E-state index contributed by atoms with van der Waals surface area (Å²) >= 11 is 5.00. The molecule has 4 nitrogen and oxygen atoms in total. The fraction of sp³-hybridized carbons (Fsp3) is 0.278. The Kier molecular flexibility index (Phi) is 5.68. The zero-order valence-electron chi connectivity index (χ0n) is 13.3. The summed E-state index contributed by atoms with van der Waals surface area (Å²) in [6.07, 6.45) is 0. The van der Waals surface area contributed by atoms with Gasteiger partial charge in [-0.1, -0.05) is 34.1 Å². The maximum atomic E-state index is 12.1. The number of nitrogens with one attached hydrogen (secondary N) is 1. The highest BCUT2D eigenvalue weighted by Gasteiger charge is 2.14. The van der Waals surface area contributed by atoms with Crippen molar-refractivity contribution in [3.63, 3.8) is 0 Å². The molecule has 0 spiro atoms. The quantitative estimate of drug-likeness (QED) is 0.775. The van der Waals surface area contributed by atoms with Crippen molar-refractivity contribution in [3.05, 3.63) is 58.1 Å². The van der Waals surface area contributed by atoms with Gasteiger partial charge in [0.2, 0.25) is 12.7 Å². The molecule has 0 bridgehead atoms. The van der Waals surface area contributed by atoms with Crippen LogP contribution in [0.25, 0.3) is 0 Å². The number of ether oxygens (including phenoxy) is 2. The highest BCUT2D eigenvalue weighted by Crippen LogP contribution is 2.33. The van der Waals surface area contributed by atoms with E-state index in [0.717, 1.165) is 32.9 Å². The SMILES string of the molecule is C[C@@H](NC(=O)CSCc1ccc2c(c1)OCO2)c1ccc(Br)cc1. The highest BCUT2D eigenvalue weighted by molar-refractivity contribution is 9.10. The van der Waals surface area contributed by atoms with E-state index in [9.17, 15) is 4.79 Å². The maximum Gasteiger partial charge on any atom is 0.231 e. The summed E-state index contributed by atoms with van der Waals surface area (Å²) in [7, 11) is 0. The average molecular weight is 408 g/mol. The van der Waals surface area contributed by atoms with Crippen LogP contribution in [0.2, 0.25) is 0 Å². The fourth-order valence-electron chi connectivity index (χ4n) is 2.41. The van der Waals surface area contributed by atoms with Crippen molar-refractivity contribution in [3.8, 4) is 11.5 Å². The minimum atomic E-state index is -0.00302. The van der Waals surface area contributed by atoms with E-state index < -0.39 is 0 Å². The van der Waals surface area contributed by atoms with Gasteiger partial charge in [0, 0.05) is 10.2 Å². The van der Waals surface area contributed by atoms with Crippen LogP contribution in [-0.2, 0) is 10.5 Å². The lowest BCUT2D eigenvalue weighted by molar-refractivity contribution is -0.119. The Labute approximate surface area is 154 Å². The van der Waals surface area contributed by atoms with E-state index in [1.807, 2.05) is 49.4 Å². The number of carbonyl (C=O) groups is 1. The summed E-state index contributed by atoms with van der Waals surface area (Å²) in [5.74, 6) is 2.79. The summed E-state index contributed by atoms with van der Waals surface area (Å²) in [4.78, 5) is 12.1. The molecule has 6 heteroatoms. The highest BCUT2D eigenvalue weighted by atomic mass is 79.9. The molecular weight excluding hydrogens is 390 g/mol. The average Bonchev–Trinajstić information content (AvgIpc) is 3.03. The molecule has 1 aliphatic rings. The van der Waals surface area contributed by atoms with Crippen LogP contribution in [0.4, 0.5) is 0 Å². The molecule has 0 unspecified atom stereocenters. The minimum Gasteiger partial charge on any atom is -0.454 e. The van der Waals surface area contributed by atoms with E-state index in [4.69, 9.17) is 9.47 Å². The molecule has 1 amide bonds. The van der Waals surface area contributed by atoms with Gasteiger partial charge in [-0.05, 0) is 42.3 Å². The van der Waals surface area contributed by atoms with Gasteiger partial charge in [-0.3, -0.25) is 4.79 Å². The second-order valence-electron chi connectivity index (χ2n) is 5.52. The van der Waals surface area contributed by atoms with E-state index in [0.29, 0.717) is 5.75 Å². The zero-order valence-corrected chi connectivity index (χ0v) is 15.7. The summed E-state index contributed by atoms with van der Waals surface area (Å²) in [6, 6.07) is 13.9. The Morgan fingerprint density at radius 1 is 1.21 bits per heavy atom. The molecule has 126 valence electrons. The van der Waals surface area contributed by atoms with Crippen molar-refractivity contribution in [1.29, 1.82) is 0 Å². The van der Waals surface area contributed by atoms with E-state index in [1.54, 1.807) is 11.8 Å². The van der Waals surface area contributed by atoms with E-state index in [-0.39, 0.29) is 18.7 Å². The maximum absolute atomic E-state index is 12.1. The molecule has 3 rings (SSSR count). The van der Waals surface area contributed by atoms with Crippen LogP contribution in [-0.4, -0.2) is 18.5 Å². The summed E-state index contributed by atoms with van der Waals surface area (Å²) in [5, 5.41) is 3.02. The number of amides is 1. The van der Waals surface area contributed by atoms with Gasteiger partial charge < -0.3 is 14.8 Å².